The maximum absolute atomic E-state index is 12.8. The van der Waals surface area contributed by atoms with E-state index in [0.29, 0.717) is 11.3 Å². The zero-order chi connectivity index (χ0) is 21.6. The summed E-state index contributed by atoms with van der Waals surface area (Å²) in [5.74, 6) is 0. The lowest BCUT2D eigenvalue weighted by atomic mass is 10.1. The van der Waals surface area contributed by atoms with E-state index in [4.69, 9.17) is 0 Å². The Morgan fingerprint density at radius 3 is 2.47 bits per heavy atom. The summed E-state index contributed by atoms with van der Waals surface area (Å²) in [5, 5.41) is 5.52. The first-order valence-electron chi connectivity index (χ1n) is 9.44. The molecule has 1 heterocycles. The first-order chi connectivity index (χ1) is 14.3. The van der Waals surface area contributed by atoms with Crippen LogP contribution in [0.4, 0.5) is 10.5 Å². The van der Waals surface area contributed by atoms with Gasteiger partial charge in [0.25, 0.3) is 0 Å². The van der Waals surface area contributed by atoms with E-state index in [1.54, 1.807) is 37.4 Å². The van der Waals surface area contributed by atoms with Crippen LogP contribution < -0.4 is 15.4 Å². The molecule has 2 aromatic carbocycles. The fraction of sp³-hybridized carbons (Fsp3) is 0.182. The highest BCUT2D eigenvalue weighted by Crippen LogP contribution is 2.18. The molecule has 3 aromatic rings. The van der Waals surface area contributed by atoms with E-state index in [9.17, 15) is 13.2 Å². The summed E-state index contributed by atoms with van der Waals surface area (Å²) < 4.78 is 28.3. The first kappa shape index (κ1) is 21.5. The Labute approximate surface area is 176 Å². The van der Waals surface area contributed by atoms with Gasteiger partial charge in [-0.25, -0.2) is 17.9 Å². The van der Waals surface area contributed by atoms with Gasteiger partial charge in [0.05, 0.1) is 22.8 Å². The quantitative estimate of drug-likeness (QED) is 0.540. The third-order valence-electron chi connectivity index (χ3n) is 4.52. The molecule has 0 saturated carbocycles. The molecule has 30 heavy (non-hydrogen) atoms. The van der Waals surface area contributed by atoms with E-state index in [2.05, 4.69) is 20.3 Å². The van der Waals surface area contributed by atoms with E-state index in [1.165, 1.54) is 6.20 Å². The third kappa shape index (κ3) is 5.65. The summed E-state index contributed by atoms with van der Waals surface area (Å²) in [6.07, 6.45) is 3.14. The van der Waals surface area contributed by atoms with Gasteiger partial charge in [-0.05, 0) is 43.2 Å². The number of hydrogen-bond donors (Lipinski definition) is 3. The highest BCUT2D eigenvalue weighted by molar-refractivity contribution is 7.89. The smallest absolute Gasteiger partial charge is 0.319 e. The van der Waals surface area contributed by atoms with Crippen LogP contribution in [0, 0.1) is 13.8 Å². The Kier molecular flexibility index (Phi) is 6.81. The topological polar surface area (TPSA) is 100 Å². The van der Waals surface area contributed by atoms with Crippen LogP contribution in [0.2, 0.25) is 0 Å². The molecule has 0 aliphatic rings. The molecule has 3 rings (SSSR count). The van der Waals surface area contributed by atoms with Gasteiger partial charge < -0.3 is 10.6 Å². The predicted octanol–water partition coefficient (Wildman–Crippen LogP) is 3.54. The lowest BCUT2D eigenvalue weighted by molar-refractivity contribution is 0.248. The number of benzene rings is 2. The van der Waals surface area contributed by atoms with Gasteiger partial charge in [-0.1, -0.05) is 48.0 Å². The molecule has 0 saturated heterocycles. The maximum atomic E-state index is 12.8. The number of amides is 2. The second kappa shape index (κ2) is 9.51. The van der Waals surface area contributed by atoms with Crippen LogP contribution in [0.5, 0.6) is 0 Å². The van der Waals surface area contributed by atoms with E-state index in [0.717, 1.165) is 11.1 Å². The van der Waals surface area contributed by atoms with Crippen molar-refractivity contribution in [3.63, 3.8) is 0 Å². The van der Waals surface area contributed by atoms with Crippen molar-refractivity contribution in [2.24, 2.45) is 0 Å². The van der Waals surface area contributed by atoms with Crippen molar-refractivity contribution in [3.8, 4) is 0 Å². The number of pyridine rings is 1. The van der Waals surface area contributed by atoms with Crippen molar-refractivity contribution in [1.82, 2.24) is 15.0 Å². The minimum Gasteiger partial charge on any atom is -0.330 e. The van der Waals surface area contributed by atoms with Crippen molar-refractivity contribution < 1.29 is 13.2 Å². The van der Waals surface area contributed by atoms with Crippen LogP contribution in [0.1, 0.15) is 22.7 Å². The molecule has 0 spiro atoms. The van der Waals surface area contributed by atoms with E-state index < -0.39 is 22.1 Å². The summed E-state index contributed by atoms with van der Waals surface area (Å²) in [6.45, 7) is 3.67. The Morgan fingerprint density at radius 1 is 1.03 bits per heavy atom. The van der Waals surface area contributed by atoms with Crippen LogP contribution in [0.25, 0.3) is 0 Å². The average molecular weight is 425 g/mol. The summed E-state index contributed by atoms with van der Waals surface area (Å²) in [4.78, 5) is 16.6. The molecule has 2 amide bonds. The number of nitrogens with one attached hydrogen (secondary N) is 3. The highest BCUT2D eigenvalue weighted by atomic mass is 32.2. The number of aromatic nitrogens is 1. The number of anilines is 1. The summed E-state index contributed by atoms with van der Waals surface area (Å²) in [6, 6.07) is 16.8. The van der Waals surface area contributed by atoms with Gasteiger partial charge in [-0.15, -0.1) is 0 Å². The van der Waals surface area contributed by atoms with Crippen LogP contribution >= 0.6 is 0 Å². The van der Waals surface area contributed by atoms with Gasteiger partial charge in [-0.2, -0.15) is 0 Å². The van der Waals surface area contributed by atoms with Gasteiger partial charge in [0.1, 0.15) is 0 Å². The Bertz CT molecular complexity index is 1100. The maximum Gasteiger partial charge on any atom is 0.319 e. The molecular formula is C22H24N4O3S. The summed E-state index contributed by atoms with van der Waals surface area (Å²) in [5.41, 5.74) is 2.98. The Balaban J connectivity index is 1.75. The van der Waals surface area contributed by atoms with Crippen molar-refractivity contribution in [2.75, 3.05) is 11.9 Å². The van der Waals surface area contributed by atoms with Gasteiger partial charge in [-0.3, -0.25) is 4.98 Å². The van der Waals surface area contributed by atoms with Gasteiger partial charge in [0.15, 0.2) is 0 Å². The summed E-state index contributed by atoms with van der Waals surface area (Å²) >= 11 is 0. The number of hydrogen-bond acceptors (Lipinski definition) is 4. The van der Waals surface area contributed by atoms with Crippen LogP contribution in [0.15, 0.2) is 78.0 Å². The average Bonchev–Trinajstić information content (AvgIpc) is 2.72. The third-order valence-corrected chi connectivity index (χ3v) is 6.11. The first-order valence-corrected chi connectivity index (χ1v) is 10.9. The molecule has 3 N–H and O–H groups in total. The molecule has 0 radical (unpaired) electrons. The number of nitrogens with zero attached hydrogens (tertiary/aromatic N) is 1. The van der Waals surface area contributed by atoms with Gasteiger partial charge >= 0.3 is 6.03 Å². The molecule has 1 atom stereocenters. The van der Waals surface area contributed by atoms with Crippen molar-refractivity contribution >= 4 is 21.7 Å². The molecule has 0 aliphatic heterocycles. The van der Waals surface area contributed by atoms with Crippen molar-refractivity contribution in [3.05, 3.63) is 89.7 Å². The number of carbonyl (C=O) groups excluding carboxylic acids is 1. The Morgan fingerprint density at radius 2 is 1.80 bits per heavy atom. The fourth-order valence-corrected chi connectivity index (χ4v) is 4.34. The molecule has 7 nitrogen and oxygen atoms in total. The van der Waals surface area contributed by atoms with E-state index >= 15 is 0 Å². The van der Waals surface area contributed by atoms with Crippen LogP contribution in [0.3, 0.4) is 0 Å². The molecule has 0 fully saturated rings. The zero-order valence-electron chi connectivity index (χ0n) is 16.8. The lowest BCUT2D eigenvalue weighted by Gasteiger charge is -2.20. The number of aryl methyl sites for hydroxylation is 2. The van der Waals surface area contributed by atoms with Crippen molar-refractivity contribution in [2.45, 2.75) is 24.8 Å². The molecule has 1 aromatic heterocycles. The molecule has 0 unspecified atom stereocenters. The minimum absolute atomic E-state index is 0.000122. The van der Waals surface area contributed by atoms with Crippen molar-refractivity contribution in [1.29, 1.82) is 0 Å². The monoisotopic (exact) mass is 424 g/mol. The minimum atomic E-state index is -3.74. The van der Waals surface area contributed by atoms with Gasteiger partial charge in [0, 0.05) is 12.7 Å². The number of urea groups is 1. The number of carbonyl (C=O) groups is 1. The Hall–Kier alpha value is -3.23. The highest BCUT2D eigenvalue weighted by Gasteiger charge is 2.21. The molecule has 0 aliphatic carbocycles. The van der Waals surface area contributed by atoms with Crippen LogP contribution in [-0.4, -0.2) is 26.0 Å². The van der Waals surface area contributed by atoms with E-state index in [1.807, 2.05) is 43.3 Å². The number of sulfonamides is 1. The SMILES string of the molecule is Cc1ccc(S(=O)(=O)NC[C@@H](NC(=O)Nc2cccnc2)c2ccccc2)c(C)c1. The van der Waals surface area contributed by atoms with Crippen LogP contribution in [-0.2, 0) is 10.0 Å². The largest absolute Gasteiger partial charge is 0.330 e. The summed E-state index contributed by atoms with van der Waals surface area (Å²) in [7, 11) is -3.74. The molecule has 0 bridgehead atoms. The molecule has 156 valence electrons. The second-order valence-corrected chi connectivity index (χ2v) is 8.66. The number of rotatable bonds is 7. The predicted molar refractivity (Wildman–Crippen MR) is 117 cm³/mol. The molecule has 8 heteroatoms. The molecular weight excluding hydrogens is 400 g/mol. The van der Waals surface area contributed by atoms with E-state index in [-0.39, 0.29) is 11.4 Å². The zero-order valence-corrected chi connectivity index (χ0v) is 17.6. The second-order valence-electron chi connectivity index (χ2n) is 6.92. The standard InChI is InChI=1S/C22H24N4O3S/c1-16-10-11-21(17(2)13-16)30(28,29)24-15-20(18-7-4-3-5-8-18)26-22(27)25-19-9-6-12-23-14-19/h3-14,20,24H,15H2,1-2H3,(H2,25,26,27)/t20-/m1/s1. The van der Waals surface area contributed by atoms with Gasteiger partial charge in [0.2, 0.25) is 10.0 Å². The lowest BCUT2D eigenvalue weighted by Crippen LogP contribution is -2.39. The fourth-order valence-electron chi connectivity index (χ4n) is 3.07. The normalized spacial score (nSPS) is 12.2.